The van der Waals surface area contributed by atoms with E-state index in [4.69, 9.17) is 0 Å². The zero-order chi connectivity index (χ0) is 15.3. The van der Waals surface area contributed by atoms with Crippen LogP contribution in [0.4, 0.5) is 13.2 Å². The van der Waals surface area contributed by atoms with Crippen LogP contribution < -0.4 is 0 Å². The first-order valence-electron chi connectivity index (χ1n) is 6.72. The molecule has 0 radical (unpaired) electrons. The third-order valence-corrected chi connectivity index (χ3v) is 3.29. The second-order valence-corrected chi connectivity index (χ2v) is 4.93. The number of likely N-dealkylation sites (tertiary alicyclic amines) is 1. The Hall–Kier alpha value is -1.64. The molecule has 0 aromatic carbocycles. The Morgan fingerprint density at radius 2 is 2.24 bits per heavy atom. The summed E-state index contributed by atoms with van der Waals surface area (Å²) in [6, 6.07) is 0.0706. The van der Waals surface area contributed by atoms with Gasteiger partial charge in [0.15, 0.2) is 0 Å². The fourth-order valence-electron chi connectivity index (χ4n) is 2.31. The molecule has 1 saturated heterocycles. The van der Waals surface area contributed by atoms with E-state index in [1.807, 2.05) is 0 Å². The number of alkyl halides is 3. The van der Waals surface area contributed by atoms with E-state index in [-0.39, 0.29) is 25.0 Å². The lowest BCUT2D eigenvalue weighted by Gasteiger charge is -2.32. The van der Waals surface area contributed by atoms with Crippen molar-refractivity contribution >= 4 is 5.91 Å². The largest absolute Gasteiger partial charge is 0.411 e. The van der Waals surface area contributed by atoms with Crippen molar-refractivity contribution in [2.45, 2.75) is 31.5 Å². The molecule has 1 atom stereocenters. The number of carbonyl (C=O) groups excluding carboxylic acids is 1. The molecule has 21 heavy (non-hydrogen) atoms. The topological polar surface area (TPSA) is 60.2 Å². The van der Waals surface area contributed by atoms with Gasteiger partial charge in [0.1, 0.15) is 19.3 Å². The predicted molar refractivity (Wildman–Crippen MR) is 66.4 cm³/mol. The van der Waals surface area contributed by atoms with Crippen LogP contribution in [0.1, 0.15) is 25.3 Å². The number of nitrogens with zero attached hydrogens (tertiary/aromatic N) is 4. The van der Waals surface area contributed by atoms with Gasteiger partial charge in [-0.25, -0.2) is 9.67 Å². The minimum atomic E-state index is -4.35. The van der Waals surface area contributed by atoms with Gasteiger partial charge in [-0.2, -0.15) is 18.3 Å². The first kappa shape index (κ1) is 15.7. The van der Waals surface area contributed by atoms with Crippen LogP contribution >= 0.6 is 0 Å². The van der Waals surface area contributed by atoms with E-state index in [0.717, 1.165) is 12.8 Å². The summed E-state index contributed by atoms with van der Waals surface area (Å²) in [5, 5.41) is 4.05. The summed E-state index contributed by atoms with van der Waals surface area (Å²) in [5.74, 6) is -0.193. The monoisotopic (exact) mass is 306 g/mol. The molecule has 0 spiro atoms. The molecular formula is C12H17F3N4O2. The Kier molecular flexibility index (Phi) is 5.16. The normalized spacial score (nSPS) is 19.8. The number of carbonyl (C=O) groups is 1. The van der Waals surface area contributed by atoms with E-state index in [1.54, 1.807) is 15.9 Å². The Bertz CT molecular complexity index is 450. The van der Waals surface area contributed by atoms with Gasteiger partial charge in [-0.05, 0) is 12.8 Å². The van der Waals surface area contributed by atoms with Crippen LogP contribution in [0, 0.1) is 0 Å². The zero-order valence-electron chi connectivity index (χ0n) is 11.4. The van der Waals surface area contributed by atoms with Crippen LogP contribution in [0.3, 0.4) is 0 Å². The molecule has 1 aromatic rings. The molecule has 2 heterocycles. The molecule has 6 nitrogen and oxygen atoms in total. The molecule has 0 saturated carbocycles. The second kappa shape index (κ2) is 6.88. The summed E-state index contributed by atoms with van der Waals surface area (Å²) >= 11 is 0. The molecular weight excluding hydrogens is 289 g/mol. The second-order valence-electron chi connectivity index (χ2n) is 4.93. The third-order valence-electron chi connectivity index (χ3n) is 3.29. The van der Waals surface area contributed by atoms with Gasteiger partial charge in [-0.15, -0.1) is 0 Å². The highest BCUT2D eigenvalue weighted by molar-refractivity contribution is 5.76. The lowest BCUT2D eigenvalue weighted by molar-refractivity contribution is -0.175. The van der Waals surface area contributed by atoms with Crippen LogP contribution in [0.15, 0.2) is 12.7 Å². The van der Waals surface area contributed by atoms with Crippen molar-refractivity contribution in [2.75, 3.05) is 26.3 Å². The average Bonchev–Trinajstić information content (AvgIpc) is 2.96. The van der Waals surface area contributed by atoms with Crippen molar-refractivity contribution in [1.82, 2.24) is 19.7 Å². The van der Waals surface area contributed by atoms with Crippen molar-refractivity contribution in [2.24, 2.45) is 0 Å². The number of aromatic nitrogens is 3. The maximum Gasteiger partial charge on any atom is 0.411 e. The van der Waals surface area contributed by atoms with E-state index in [9.17, 15) is 18.0 Å². The van der Waals surface area contributed by atoms with Gasteiger partial charge in [-0.3, -0.25) is 4.79 Å². The summed E-state index contributed by atoms with van der Waals surface area (Å²) in [6.45, 7) is -0.421. The third kappa shape index (κ3) is 5.00. The summed E-state index contributed by atoms with van der Waals surface area (Å²) in [5.41, 5.74) is 0. The van der Waals surface area contributed by atoms with E-state index in [1.165, 1.54) is 6.33 Å². The molecule has 1 aliphatic heterocycles. The van der Waals surface area contributed by atoms with Crippen molar-refractivity contribution in [3.8, 4) is 0 Å². The first-order valence-corrected chi connectivity index (χ1v) is 6.72. The first-order chi connectivity index (χ1) is 9.96. The highest BCUT2D eigenvalue weighted by Crippen LogP contribution is 2.21. The predicted octanol–water partition coefficient (Wildman–Crippen LogP) is 1.41. The van der Waals surface area contributed by atoms with E-state index in [0.29, 0.717) is 13.1 Å². The number of amides is 1. The quantitative estimate of drug-likeness (QED) is 0.772. The van der Waals surface area contributed by atoms with E-state index < -0.39 is 12.8 Å². The van der Waals surface area contributed by atoms with Crippen molar-refractivity contribution in [1.29, 1.82) is 0 Å². The molecule has 0 aliphatic carbocycles. The molecule has 118 valence electrons. The van der Waals surface area contributed by atoms with Gasteiger partial charge in [0, 0.05) is 13.1 Å². The molecule has 9 heteroatoms. The summed E-state index contributed by atoms with van der Waals surface area (Å²) in [6.07, 6.45) is 0.376. The fourth-order valence-corrected chi connectivity index (χ4v) is 2.31. The zero-order valence-corrected chi connectivity index (χ0v) is 11.4. The highest BCUT2D eigenvalue weighted by Gasteiger charge is 2.28. The van der Waals surface area contributed by atoms with Gasteiger partial charge in [0.05, 0.1) is 19.1 Å². The fraction of sp³-hybridized carbons (Fsp3) is 0.750. The molecule has 1 aliphatic rings. The van der Waals surface area contributed by atoms with Gasteiger partial charge in [0.2, 0.25) is 5.91 Å². The standard InChI is InChI=1S/C12H17F3N4O2/c13-12(14,15)7-21-5-3-11(20)18-4-1-2-10(6-18)19-9-16-8-17-19/h8-10H,1-7H2/t10-/m1/s1. The average molecular weight is 306 g/mol. The van der Waals surface area contributed by atoms with Crippen LogP contribution in [0.25, 0.3) is 0 Å². The Labute approximate surface area is 119 Å². The Morgan fingerprint density at radius 3 is 2.90 bits per heavy atom. The number of ether oxygens (including phenoxy) is 1. The van der Waals surface area contributed by atoms with Crippen LogP contribution in [0.2, 0.25) is 0 Å². The molecule has 2 rings (SSSR count). The number of halogens is 3. The van der Waals surface area contributed by atoms with Gasteiger partial charge >= 0.3 is 6.18 Å². The number of piperidine rings is 1. The van der Waals surface area contributed by atoms with Crippen LogP contribution in [-0.4, -0.2) is 58.1 Å². The molecule has 1 fully saturated rings. The minimum absolute atomic E-state index is 0.0415. The highest BCUT2D eigenvalue weighted by atomic mass is 19.4. The maximum absolute atomic E-state index is 12.0. The molecule has 0 unspecified atom stereocenters. The summed E-state index contributed by atoms with van der Waals surface area (Å²) < 4.78 is 41.9. The maximum atomic E-state index is 12.0. The van der Waals surface area contributed by atoms with Crippen molar-refractivity contribution in [3.05, 3.63) is 12.7 Å². The summed E-state index contributed by atoms with van der Waals surface area (Å²) in [7, 11) is 0. The van der Waals surface area contributed by atoms with E-state index in [2.05, 4.69) is 14.8 Å². The van der Waals surface area contributed by atoms with Crippen LogP contribution in [-0.2, 0) is 9.53 Å². The molecule has 1 aromatic heterocycles. The Morgan fingerprint density at radius 1 is 1.43 bits per heavy atom. The van der Waals surface area contributed by atoms with Crippen molar-refractivity contribution < 1.29 is 22.7 Å². The molecule has 1 amide bonds. The van der Waals surface area contributed by atoms with Gasteiger partial charge in [0.25, 0.3) is 0 Å². The summed E-state index contributed by atoms with van der Waals surface area (Å²) in [4.78, 5) is 17.5. The van der Waals surface area contributed by atoms with Crippen LogP contribution in [0.5, 0.6) is 0 Å². The van der Waals surface area contributed by atoms with Gasteiger partial charge < -0.3 is 9.64 Å². The Balaban J connectivity index is 1.74. The smallest absolute Gasteiger partial charge is 0.372 e. The number of hydrogen-bond donors (Lipinski definition) is 0. The number of rotatable bonds is 5. The lowest BCUT2D eigenvalue weighted by atomic mass is 10.1. The number of hydrogen-bond acceptors (Lipinski definition) is 4. The molecule has 0 N–H and O–H groups in total. The minimum Gasteiger partial charge on any atom is -0.372 e. The SMILES string of the molecule is O=C(CCOCC(F)(F)F)N1CCC[C@@H](n2cncn2)C1. The molecule has 0 bridgehead atoms. The lowest BCUT2D eigenvalue weighted by Crippen LogP contribution is -2.41. The van der Waals surface area contributed by atoms with Gasteiger partial charge in [-0.1, -0.05) is 0 Å². The van der Waals surface area contributed by atoms with E-state index >= 15 is 0 Å². The van der Waals surface area contributed by atoms with Crippen molar-refractivity contribution in [3.63, 3.8) is 0 Å².